The number of hydrogen-bond acceptors (Lipinski definition) is 6. The van der Waals surface area contributed by atoms with Crippen molar-refractivity contribution in [3.63, 3.8) is 0 Å². The molecule has 6 nitrogen and oxygen atoms in total. The number of alkyl halides is 9. The van der Waals surface area contributed by atoms with Crippen LogP contribution in [0.4, 0.5) is 74.4 Å². The molecule has 0 saturated heterocycles. The molecule has 0 fully saturated rings. The van der Waals surface area contributed by atoms with E-state index in [1.54, 1.807) is 0 Å². The van der Waals surface area contributed by atoms with Crippen molar-refractivity contribution in [2.75, 3.05) is 16.0 Å². The van der Waals surface area contributed by atoms with Gasteiger partial charge in [-0.2, -0.15) is 54.5 Å². The van der Waals surface area contributed by atoms with E-state index >= 15 is 0 Å². The molecule has 0 aliphatic heterocycles. The summed E-state index contributed by atoms with van der Waals surface area (Å²) in [6.45, 7) is 0. The lowest BCUT2D eigenvalue weighted by Gasteiger charge is -2.13. The topological polar surface area (TPSA) is 74.8 Å². The first kappa shape index (κ1) is 27.5. The Bertz CT molecular complexity index is 1230. The van der Waals surface area contributed by atoms with E-state index in [4.69, 9.17) is 0 Å². The predicted octanol–water partition coefficient (Wildman–Crippen LogP) is 8.16. The molecule has 15 heteroatoms. The number of aromatic nitrogens is 3. The molecule has 39 heavy (non-hydrogen) atoms. The molecule has 0 spiro atoms. The summed E-state index contributed by atoms with van der Waals surface area (Å²) < 4.78 is 116. The van der Waals surface area contributed by atoms with E-state index in [0.29, 0.717) is 0 Å². The van der Waals surface area contributed by atoms with Crippen LogP contribution in [0, 0.1) is 0 Å². The highest BCUT2D eigenvalue weighted by atomic mass is 19.4. The number of hydrogen-bond donors (Lipinski definition) is 3. The molecule has 0 bridgehead atoms. The molecule has 204 valence electrons. The van der Waals surface area contributed by atoms with Crippen molar-refractivity contribution in [1.29, 1.82) is 0 Å². The lowest BCUT2D eigenvalue weighted by atomic mass is 10.2. The first-order valence-corrected chi connectivity index (χ1v) is 10.8. The van der Waals surface area contributed by atoms with E-state index in [2.05, 4.69) is 30.9 Å². The van der Waals surface area contributed by atoms with Crippen LogP contribution in [-0.4, -0.2) is 15.0 Å². The third kappa shape index (κ3) is 7.27. The lowest BCUT2D eigenvalue weighted by molar-refractivity contribution is -0.138. The fourth-order valence-corrected chi connectivity index (χ4v) is 3.16. The minimum absolute atomic E-state index is 0.162. The normalized spacial score (nSPS) is 12.2. The Morgan fingerprint density at radius 3 is 0.744 bits per heavy atom. The van der Waals surface area contributed by atoms with Crippen molar-refractivity contribution in [3.05, 3.63) is 89.5 Å². The van der Waals surface area contributed by atoms with E-state index in [0.717, 1.165) is 72.8 Å². The minimum Gasteiger partial charge on any atom is -0.324 e. The first-order chi connectivity index (χ1) is 18.2. The fraction of sp³-hybridized carbons (Fsp3) is 0.125. The molecule has 0 aliphatic rings. The van der Waals surface area contributed by atoms with E-state index in [-0.39, 0.29) is 34.9 Å². The molecule has 0 aliphatic carbocycles. The predicted molar refractivity (Wildman–Crippen MR) is 124 cm³/mol. The van der Waals surface area contributed by atoms with Crippen LogP contribution in [0.25, 0.3) is 0 Å². The molecule has 0 atom stereocenters. The Kier molecular flexibility index (Phi) is 7.26. The summed E-state index contributed by atoms with van der Waals surface area (Å²) >= 11 is 0. The van der Waals surface area contributed by atoms with Gasteiger partial charge < -0.3 is 16.0 Å². The largest absolute Gasteiger partial charge is 0.416 e. The third-order valence-electron chi connectivity index (χ3n) is 5.04. The molecule has 1 aromatic heterocycles. The molecule has 1 heterocycles. The van der Waals surface area contributed by atoms with Crippen molar-refractivity contribution >= 4 is 34.9 Å². The van der Waals surface area contributed by atoms with Crippen LogP contribution in [0.5, 0.6) is 0 Å². The maximum atomic E-state index is 12.9. The second-order valence-electron chi connectivity index (χ2n) is 7.91. The zero-order valence-electron chi connectivity index (χ0n) is 19.2. The van der Waals surface area contributed by atoms with Crippen LogP contribution in [0.1, 0.15) is 16.7 Å². The second kappa shape index (κ2) is 10.3. The number of nitrogens with zero attached hydrogens (tertiary/aromatic N) is 3. The van der Waals surface area contributed by atoms with Crippen molar-refractivity contribution < 1.29 is 39.5 Å². The van der Waals surface area contributed by atoms with Gasteiger partial charge in [-0.05, 0) is 72.8 Å². The van der Waals surface area contributed by atoms with Gasteiger partial charge in [0.15, 0.2) is 0 Å². The van der Waals surface area contributed by atoms with E-state index < -0.39 is 35.2 Å². The van der Waals surface area contributed by atoms with Gasteiger partial charge in [-0.15, -0.1) is 0 Å². The van der Waals surface area contributed by atoms with Gasteiger partial charge in [0, 0.05) is 17.1 Å². The van der Waals surface area contributed by atoms with Crippen LogP contribution in [0.2, 0.25) is 0 Å². The summed E-state index contributed by atoms with van der Waals surface area (Å²) in [7, 11) is 0. The van der Waals surface area contributed by atoms with Crippen LogP contribution >= 0.6 is 0 Å². The van der Waals surface area contributed by atoms with E-state index in [1.807, 2.05) is 0 Å². The number of nitrogens with one attached hydrogen (secondary N) is 3. The first-order valence-electron chi connectivity index (χ1n) is 10.8. The minimum atomic E-state index is -4.55. The monoisotopic (exact) mass is 558 g/mol. The zero-order valence-corrected chi connectivity index (χ0v) is 19.2. The Hall–Kier alpha value is -4.56. The summed E-state index contributed by atoms with van der Waals surface area (Å²) in [6, 6.07) is 11.7. The molecule has 0 radical (unpaired) electrons. The van der Waals surface area contributed by atoms with Crippen LogP contribution in [0.15, 0.2) is 72.8 Å². The van der Waals surface area contributed by atoms with Gasteiger partial charge >= 0.3 is 18.5 Å². The number of halogens is 9. The number of rotatable bonds is 6. The highest BCUT2D eigenvalue weighted by molar-refractivity contribution is 5.62. The Balaban J connectivity index is 1.62. The molecule has 0 unspecified atom stereocenters. The average molecular weight is 558 g/mol. The highest BCUT2D eigenvalue weighted by Gasteiger charge is 2.31. The summed E-state index contributed by atoms with van der Waals surface area (Å²) in [4.78, 5) is 12.2. The van der Waals surface area contributed by atoms with Gasteiger partial charge in [0.2, 0.25) is 17.8 Å². The fourth-order valence-electron chi connectivity index (χ4n) is 3.16. The molecular weight excluding hydrogens is 543 g/mol. The molecule has 3 N–H and O–H groups in total. The Labute approximate surface area is 213 Å². The molecular formula is C24H15F9N6. The number of anilines is 6. The van der Waals surface area contributed by atoms with Gasteiger partial charge in [-0.3, -0.25) is 0 Å². The smallest absolute Gasteiger partial charge is 0.324 e. The molecule has 4 rings (SSSR count). The molecule has 0 amide bonds. The van der Waals surface area contributed by atoms with Crippen molar-refractivity contribution in [1.82, 2.24) is 15.0 Å². The summed E-state index contributed by atoms with van der Waals surface area (Å²) in [5.41, 5.74) is -2.19. The van der Waals surface area contributed by atoms with Gasteiger partial charge in [-0.25, -0.2) is 0 Å². The molecule has 0 saturated carbocycles. The lowest BCUT2D eigenvalue weighted by Crippen LogP contribution is -2.09. The van der Waals surface area contributed by atoms with Crippen molar-refractivity contribution in [2.45, 2.75) is 18.5 Å². The van der Waals surface area contributed by atoms with Gasteiger partial charge in [0.1, 0.15) is 0 Å². The molecule has 4 aromatic rings. The average Bonchev–Trinajstić information content (AvgIpc) is 2.83. The highest BCUT2D eigenvalue weighted by Crippen LogP contribution is 2.33. The van der Waals surface area contributed by atoms with E-state index in [1.165, 1.54) is 0 Å². The summed E-state index contributed by atoms with van der Waals surface area (Å²) in [6.07, 6.45) is -13.7. The maximum Gasteiger partial charge on any atom is 0.416 e. The standard InChI is InChI=1S/C24H15F9N6/c25-22(26,27)13-1-7-16(8-2-13)34-19-37-20(35-17-9-3-14(4-10-17)23(28,29)30)39-21(38-19)36-18-11-5-15(6-12-18)24(31,32)33/h1-12H,(H3,34,35,36,37,38,39). The molecule has 3 aromatic carbocycles. The van der Waals surface area contributed by atoms with Gasteiger partial charge in [0.05, 0.1) is 16.7 Å². The maximum absolute atomic E-state index is 12.9. The van der Waals surface area contributed by atoms with Gasteiger partial charge in [-0.1, -0.05) is 0 Å². The SMILES string of the molecule is FC(F)(F)c1ccc(Nc2nc(Nc3ccc(C(F)(F)F)cc3)nc(Nc3ccc(C(F)(F)F)cc3)n2)cc1. The van der Waals surface area contributed by atoms with E-state index in [9.17, 15) is 39.5 Å². The Morgan fingerprint density at radius 2 is 0.564 bits per heavy atom. The van der Waals surface area contributed by atoms with Crippen molar-refractivity contribution in [2.24, 2.45) is 0 Å². The van der Waals surface area contributed by atoms with Crippen LogP contribution < -0.4 is 16.0 Å². The summed E-state index contributed by atoms with van der Waals surface area (Å²) in [5.74, 6) is -0.559. The second-order valence-corrected chi connectivity index (χ2v) is 7.91. The summed E-state index contributed by atoms with van der Waals surface area (Å²) in [5, 5.41) is 8.06. The Morgan fingerprint density at radius 1 is 0.359 bits per heavy atom. The van der Waals surface area contributed by atoms with Crippen LogP contribution in [-0.2, 0) is 18.5 Å². The number of benzene rings is 3. The van der Waals surface area contributed by atoms with Crippen molar-refractivity contribution in [3.8, 4) is 0 Å². The van der Waals surface area contributed by atoms with Gasteiger partial charge in [0.25, 0.3) is 0 Å². The quantitative estimate of drug-likeness (QED) is 0.208. The van der Waals surface area contributed by atoms with Crippen LogP contribution in [0.3, 0.4) is 0 Å². The third-order valence-corrected chi connectivity index (χ3v) is 5.04. The zero-order chi connectivity index (χ0) is 28.4.